The Morgan fingerprint density at radius 1 is 1.40 bits per heavy atom. The Kier molecular flexibility index (Phi) is 3.72. The molecular formula is C11H19NO3. The number of ether oxygens (including phenoxy) is 1. The van der Waals surface area contributed by atoms with Gasteiger partial charge in [0.1, 0.15) is 5.78 Å². The van der Waals surface area contributed by atoms with Crippen molar-refractivity contribution in [1.29, 1.82) is 0 Å². The third kappa shape index (κ3) is 2.77. The number of aliphatic hydroxyl groups excluding tert-OH is 1. The molecule has 2 rings (SSSR count). The van der Waals surface area contributed by atoms with Gasteiger partial charge in [-0.2, -0.15) is 0 Å². The molecule has 86 valence electrons. The van der Waals surface area contributed by atoms with E-state index in [0.29, 0.717) is 18.4 Å². The highest BCUT2D eigenvalue weighted by Crippen LogP contribution is 2.22. The number of ketones is 1. The second-order valence-corrected chi connectivity index (χ2v) is 4.44. The Morgan fingerprint density at radius 2 is 2.13 bits per heavy atom. The number of Topliss-reactive ketones (excluding diaryl/α,β-unsaturated/α-hetero) is 1. The molecule has 1 saturated heterocycles. The van der Waals surface area contributed by atoms with Gasteiger partial charge in [-0.05, 0) is 12.8 Å². The summed E-state index contributed by atoms with van der Waals surface area (Å²) in [7, 11) is 0. The number of hydrogen-bond donors (Lipinski definition) is 1. The minimum Gasteiger partial charge on any atom is -0.394 e. The van der Waals surface area contributed by atoms with Crippen LogP contribution in [0.5, 0.6) is 0 Å². The molecule has 1 N–H and O–H groups in total. The molecule has 4 heteroatoms. The minimum absolute atomic E-state index is 0.0311. The maximum absolute atomic E-state index is 11.1. The summed E-state index contributed by atoms with van der Waals surface area (Å²) in [4.78, 5) is 13.5. The summed E-state index contributed by atoms with van der Waals surface area (Å²) in [6, 6.07) is 0.528. The Labute approximate surface area is 90.2 Å². The van der Waals surface area contributed by atoms with E-state index in [1.54, 1.807) is 0 Å². The van der Waals surface area contributed by atoms with Crippen LogP contribution in [-0.2, 0) is 9.53 Å². The molecule has 0 aromatic heterocycles. The van der Waals surface area contributed by atoms with Gasteiger partial charge in [-0.15, -0.1) is 0 Å². The van der Waals surface area contributed by atoms with E-state index in [4.69, 9.17) is 9.84 Å². The van der Waals surface area contributed by atoms with E-state index in [9.17, 15) is 4.79 Å². The van der Waals surface area contributed by atoms with Crippen LogP contribution in [0.15, 0.2) is 0 Å². The molecule has 0 radical (unpaired) electrons. The van der Waals surface area contributed by atoms with Crippen LogP contribution in [0, 0.1) is 0 Å². The molecule has 2 fully saturated rings. The van der Waals surface area contributed by atoms with Crippen LogP contribution in [0.3, 0.4) is 0 Å². The van der Waals surface area contributed by atoms with Gasteiger partial charge in [0.25, 0.3) is 0 Å². The average Bonchev–Trinajstić information content (AvgIpc) is 2.30. The zero-order valence-corrected chi connectivity index (χ0v) is 9.02. The monoisotopic (exact) mass is 213 g/mol. The predicted molar refractivity (Wildman–Crippen MR) is 55.7 cm³/mol. The van der Waals surface area contributed by atoms with Gasteiger partial charge in [0.05, 0.1) is 19.3 Å². The molecule has 1 atom stereocenters. The van der Waals surface area contributed by atoms with Crippen molar-refractivity contribution in [1.82, 2.24) is 4.90 Å². The van der Waals surface area contributed by atoms with Gasteiger partial charge in [0.2, 0.25) is 0 Å². The van der Waals surface area contributed by atoms with Crippen LogP contribution in [-0.4, -0.2) is 54.2 Å². The van der Waals surface area contributed by atoms with Crippen molar-refractivity contribution < 1.29 is 14.6 Å². The quantitative estimate of drug-likeness (QED) is 0.711. The second kappa shape index (κ2) is 5.05. The molecule has 1 aliphatic carbocycles. The van der Waals surface area contributed by atoms with Crippen molar-refractivity contribution >= 4 is 5.78 Å². The lowest BCUT2D eigenvalue weighted by Crippen LogP contribution is -2.49. The summed E-state index contributed by atoms with van der Waals surface area (Å²) in [6.45, 7) is 2.56. The van der Waals surface area contributed by atoms with Crippen LogP contribution < -0.4 is 0 Å². The highest BCUT2D eigenvalue weighted by Gasteiger charge is 2.28. The van der Waals surface area contributed by atoms with Gasteiger partial charge in [0.15, 0.2) is 0 Å². The molecule has 2 aliphatic rings. The molecule has 0 aromatic carbocycles. The summed E-state index contributed by atoms with van der Waals surface area (Å²) in [5.41, 5.74) is 0. The lowest BCUT2D eigenvalue weighted by atomic mass is 9.92. The van der Waals surface area contributed by atoms with Crippen LogP contribution >= 0.6 is 0 Å². The van der Waals surface area contributed by atoms with Crippen molar-refractivity contribution in [3.8, 4) is 0 Å². The van der Waals surface area contributed by atoms with Gasteiger partial charge >= 0.3 is 0 Å². The Balaban J connectivity index is 1.84. The molecule has 15 heavy (non-hydrogen) atoms. The molecule has 0 bridgehead atoms. The van der Waals surface area contributed by atoms with Crippen molar-refractivity contribution in [2.24, 2.45) is 0 Å². The smallest absolute Gasteiger partial charge is 0.133 e. The Hall–Kier alpha value is -0.450. The van der Waals surface area contributed by atoms with Crippen molar-refractivity contribution in [2.45, 2.75) is 37.8 Å². The summed E-state index contributed by atoms with van der Waals surface area (Å²) >= 11 is 0. The maximum Gasteiger partial charge on any atom is 0.133 e. The molecule has 1 saturated carbocycles. The molecule has 1 aliphatic heterocycles. The maximum atomic E-state index is 11.1. The van der Waals surface area contributed by atoms with Crippen molar-refractivity contribution in [3.63, 3.8) is 0 Å². The van der Waals surface area contributed by atoms with E-state index >= 15 is 0 Å². The predicted octanol–water partition coefficient (Wildman–Crippen LogP) is 0.191. The zero-order valence-electron chi connectivity index (χ0n) is 9.02. The number of aliphatic hydroxyl groups is 1. The first kappa shape index (κ1) is 11.0. The average molecular weight is 213 g/mol. The Morgan fingerprint density at radius 3 is 2.80 bits per heavy atom. The third-order valence-corrected chi connectivity index (χ3v) is 3.40. The van der Waals surface area contributed by atoms with Gasteiger partial charge in [0, 0.05) is 32.0 Å². The fourth-order valence-electron chi connectivity index (χ4n) is 2.47. The summed E-state index contributed by atoms with van der Waals surface area (Å²) in [5.74, 6) is 0.401. The molecule has 0 spiro atoms. The summed E-state index contributed by atoms with van der Waals surface area (Å²) < 4.78 is 5.41. The van der Waals surface area contributed by atoms with Crippen LogP contribution in [0.1, 0.15) is 25.7 Å². The van der Waals surface area contributed by atoms with E-state index in [1.165, 1.54) is 0 Å². The SMILES string of the molecule is O=C1CCC(N2CCOC(CO)C2)CC1. The lowest BCUT2D eigenvalue weighted by molar-refractivity contribution is -0.122. The summed E-state index contributed by atoms with van der Waals surface area (Å²) in [5, 5.41) is 9.04. The zero-order chi connectivity index (χ0) is 10.7. The fourth-order valence-corrected chi connectivity index (χ4v) is 2.47. The topological polar surface area (TPSA) is 49.8 Å². The number of carbonyl (C=O) groups excluding carboxylic acids is 1. The van der Waals surface area contributed by atoms with E-state index in [0.717, 1.165) is 38.8 Å². The number of morpholine rings is 1. The van der Waals surface area contributed by atoms with Crippen LogP contribution in [0.4, 0.5) is 0 Å². The second-order valence-electron chi connectivity index (χ2n) is 4.44. The van der Waals surface area contributed by atoms with Gasteiger partial charge in [-0.3, -0.25) is 9.69 Å². The van der Waals surface area contributed by atoms with E-state index in [-0.39, 0.29) is 12.7 Å². The van der Waals surface area contributed by atoms with E-state index in [1.807, 2.05) is 0 Å². The molecule has 4 nitrogen and oxygen atoms in total. The standard InChI is InChI=1S/C11H19NO3/c13-8-11-7-12(5-6-15-11)9-1-3-10(14)4-2-9/h9,11,13H,1-8H2. The van der Waals surface area contributed by atoms with Crippen LogP contribution in [0.2, 0.25) is 0 Å². The van der Waals surface area contributed by atoms with Crippen molar-refractivity contribution in [2.75, 3.05) is 26.3 Å². The van der Waals surface area contributed by atoms with Gasteiger partial charge in [-0.25, -0.2) is 0 Å². The van der Waals surface area contributed by atoms with Crippen molar-refractivity contribution in [3.05, 3.63) is 0 Å². The van der Waals surface area contributed by atoms with E-state index in [2.05, 4.69) is 4.90 Å². The first-order chi connectivity index (χ1) is 7.29. The number of hydrogen-bond acceptors (Lipinski definition) is 4. The molecule has 1 heterocycles. The lowest BCUT2D eigenvalue weighted by Gasteiger charge is -2.39. The molecular weight excluding hydrogens is 194 g/mol. The summed E-state index contributed by atoms with van der Waals surface area (Å²) in [6.07, 6.45) is 3.39. The normalized spacial score (nSPS) is 30.7. The van der Waals surface area contributed by atoms with Gasteiger partial charge < -0.3 is 9.84 Å². The largest absolute Gasteiger partial charge is 0.394 e. The number of carbonyl (C=O) groups is 1. The molecule has 0 aromatic rings. The van der Waals surface area contributed by atoms with Gasteiger partial charge in [-0.1, -0.05) is 0 Å². The highest BCUT2D eigenvalue weighted by molar-refractivity contribution is 5.79. The minimum atomic E-state index is -0.0311. The molecule has 1 unspecified atom stereocenters. The van der Waals surface area contributed by atoms with Crippen LogP contribution in [0.25, 0.3) is 0 Å². The third-order valence-electron chi connectivity index (χ3n) is 3.40. The first-order valence-electron chi connectivity index (χ1n) is 5.78. The highest BCUT2D eigenvalue weighted by atomic mass is 16.5. The fraction of sp³-hybridized carbons (Fsp3) is 0.909. The number of nitrogens with zero attached hydrogens (tertiary/aromatic N) is 1. The van der Waals surface area contributed by atoms with E-state index < -0.39 is 0 Å². The molecule has 0 amide bonds. The first-order valence-corrected chi connectivity index (χ1v) is 5.78. The Bertz CT molecular complexity index is 222. The number of rotatable bonds is 2.